The minimum Gasteiger partial charge on any atom is -0.760 e. The van der Waals surface area contributed by atoms with E-state index in [1.54, 1.807) is 10.7 Å². The van der Waals surface area contributed by atoms with Crippen LogP contribution in [0.15, 0.2) is 67.0 Å². The fraction of sp³-hybridized carbons (Fsp3) is 0.250. The zero-order valence-corrected chi connectivity index (χ0v) is 15.9. The average molecular weight is 386 g/mol. The number of benzene rings is 2. The summed E-state index contributed by atoms with van der Waals surface area (Å²) >= 11 is -2.36. The average Bonchev–Trinajstić information content (AvgIpc) is 2.95. The molecule has 0 radical (unpaired) electrons. The second-order valence-electron chi connectivity index (χ2n) is 7.15. The molecule has 27 heavy (non-hydrogen) atoms. The first-order valence-electron chi connectivity index (χ1n) is 8.50. The van der Waals surface area contributed by atoms with E-state index in [-0.39, 0.29) is 11.2 Å². The number of hydrogen-bond donors (Lipinski definition) is 1. The highest BCUT2D eigenvalue weighted by Crippen LogP contribution is 2.69. The fourth-order valence-corrected chi connectivity index (χ4v) is 3.80. The second-order valence-corrected chi connectivity index (χ2v) is 7.67. The Morgan fingerprint density at radius 2 is 1.74 bits per heavy atom. The van der Waals surface area contributed by atoms with Crippen molar-refractivity contribution in [3.63, 3.8) is 0 Å². The molecule has 3 aromatic rings. The van der Waals surface area contributed by atoms with Gasteiger partial charge in [-0.25, -0.2) is 9.07 Å². The van der Waals surface area contributed by atoms with Crippen LogP contribution in [-0.4, -0.2) is 18.5 Å². The zero-order chi connectivity index (χ0) is 19.6. The Balaban J connectivity index is 0.000000481. The molecule has 7 heteroatoms. The van der Waals surface area contributed by atoms with Gasteiger partial charge in [0.2, 0.25) is 0 Å². The van der Waals surface area contributed by atoms with Crippen molar-refractivity contribution in [1.82, 2.24) is 9.78 Å². The van der Waals surface area contributed by atoms with Crippen LogP contribution in [0, 0.1) is 11.2 Å². The Labute approximate surface area is 160 Å². The number of nitrogens with zero attached hydrogens (tertiary/aromatic N) is 2. The minimum absolute atomic E-state index is 0.219. The van der Waals surface area contributed by atoms with Gasteiger partial charge in [-0.1, -0.05) is 50.2 Å². The lowest BCUT2D eigenvalue weighted by molar-refractivity contribution is 0.538. The summed E-state index contributed by atoms with van der Waals surface area (Å²) in [6.45, 7) is 4.60. The lowest BCUT2D eigenvalue weighted by Gasteiger charge is -2.01. The van der Waals surface area contributed by atoms with Crippen molar-refractivity contribution in [1.29, 1.82) is 0 Å². The fourth-order valence-electron chi connectivity index (χ4n) is 3.80. The summed E-state index contributed by atoms with van der Waals surface area (Å²) < 4.78 is 32.7. The molecule has 1 saturated carbocycles. The molecule has 1 aliphatic carbocycles. The summed E-state index contributed by atoms with van der Waals surface area (Å²) in [5.74, 6) is 0.717. The summed E-state index contributed by atoms with van der Waals surface area (Å²) in [6, 6.07) is 17.2. The number of nitrogens with two attached hydrogens (primary N) is 1. The molecule has 5 nitrogen and oxygen atoms in total. The molecule has 4 rings (SSSR count). The van der Waals surface area contributed by atoms with Crippen LogP contribution in [0.2, 0.25) is 0 Å². The maximum absolute atomic E-state index is 13.4. The maximum Gasteiger partial charge on any atom is 0.125 e. The third-order valence-corrected chi connectivity index (χ3v) is 5.02. The summed E-state index contributed by atoms with van der Waals surface area (Å²) in [5.41, 5.74) is 3.57. The third-order valence-electron chi connectivity index (χ3n) is 5.02. The van der Waals surface area contributed by atoms with Crippen molar-refractivity contribution in [2.75, 3.05) is 0 Å². The molecule has 0 saturated heterocycles. The second kappa shape index (κ2) is 7.72. The van der Waals surface area contributed by atoms with E-state index in [1.807, 2.05) is 18.5 Å². The largest absolute Gasteiger partial charge is 0.760 e. The van der Waals surface area contributed by atoms with E-state index in [4.69, 9.17) is 8.76 Å². The number of hydrogen-bond acceptors (Lipinski definition) is 3. The van der Waals surface area contributed by atoms with Crippen LogP contribution in [0.5, 0.6) is 0 Å². The summed E-state index contributed by atoms with van der Waals surface area (Å²) in [6.07, 6.45) is 3.95. The molecule has 2 N–H and O–H groups in total. The van der Waals surface area contributed by atoms with E-state index in [1.165, 1.54) is 23.3 Å². The standard InChI is InChI=1S/C20H19FN2.H3NO2S/c1-20(2)18(14-7-4-3-5-8-14)19(20)15-12-22-23(13-15)17-10-6-9-16(21)11-17;1-4(2)3/h3-13,18-19H,1-2H3;1H2,(H,2,3)/p-1/t18-,19-;/m1./s1. The van der Waals surface area contributed by atoms with Crippen LogP contribution < -0.4 is 5.14 Å². The van der Waals surface area contributed by atoms with E-state index < -0.39 is 11.3 Å². The first kappa shape index (κ1) is 19.4. The van der Waals surface area contributed by atoms with Crippen LogP contribution >= 0.6 is 0 Å². The predicted octanol–water partition coefficient (Wildman–Crippen LogP) is 3.66. The molecular formula is C20H21FN3O2S-. The molecule has 142 valence electrons. The SMILES string of the molecule is CC1(C)[C@H](c2ccccc2)[C@H]1c1cnn(-c2cccc(F)c2)c1.NS(=O)[O-]. The van der Waals surface area contributed by atoms with Gasteiger partial charge in [-0.15, -0.1) is 0 Å². The molecule has 0 spiro atoms. The quantitative estimate of drug-likeness (QED) is 0.697. The Kier molecular flexibility index (Phi) is 5.55. The Hall–Kier alpha value is -2.35. The molecule has 1 fully saturated rings. The predicted molar refractivity (Wildman–Crippen MR) is 102 cm³/mol. The lowest BCUT2D eigenvalue weighted by atomic mass is 10.0. The van der Waals surface area contributed by atoms with Gasteiger partial charge in [0.15, 0.2) is 0 Å². The van der Waals surface area contributed by atoms with Crippen molar-refractivity contribution in [3.05, 3.63) is 83.9 Å². The van der Waals surface area contributed by atoms with Gasteiger partial charge in [0, 0.05) is 23.4 Å². The Bertz CT molecular complexity index is 939. The van der Waals surface area contributed by atoms with Gasteiger partial charge in [-0.3, -0.25) is 9.35 Å². The highest BCUT2D eigenvalue weighted by atomic mass is 32.2. The Morgan fingerprint density at radius 1 is 1.11 bits per heavy atom. The van der Waals surface area contributed by atoms with Crippen LogP contribution in [-0.2, 0) is 11.3 Å². The van der Waals surface area contributed by atoms with Gasteiger partial charge in [0.05, 0.1) is 11.9 Å². The molecule has 1 aromatic heterocycles. The van der Waals surface area contributed by atoms with E-state index in [2.05, 4.69) is 54.4 Å². The summed E-state index contributed by atoms with van der Waals surface area (Å²) in [5, 5.41) is 8.46. The summed E-state index contributed by atoms with van der Waals surface area (Å²) in [7, 11) is 0. The third kappa shape index (κ3) is 4.32. The molecule has 0 bridgehead atoms. The molecule has 0 amide bonds. The zero-order valence-electron chi connectivity index (χ0n) is 15.1. The van der Waals surface area contributed by atoms with Crippen LogP contribution in [0.25, 0.3) is 5.69 Å². The van der Waals surface area contributed by atoms with Crippen molar-refractivity contribution in [3.8, 4) is 5.69 Å². The number of halogens is 1. The molecule has 2 aromatic carbocycles. The highest BCUT2D eigenvalue weighted by Gasteiger charge is 2.59. The molecule has 0 aliphatic heterocycles. The van der Waals surface area contributed by atoms with Gasteiger partial charge in [0.1, 0.15) is 5.82 Å². The van der Waals surface area contributed by atoms with E-state index in [0.717, 1.165) is 5.69 Å². The van der Waals surface area contributed by atoms with Crippen LogP contribution in [0.4, 0.5) is 4.39 Å². The van der Waals surface area contributed by atoms with Crippen LogP contribution in [0.1, 0.15) is 36.8 Å². The molecule has 1 aliphatic rings. The maximum atomic E-state index is 13.4. The van der Waals surface area contributed by atoms with Crippen LogP contribution in [0.3, 0.4) is 0 Å². The van der Waals surface area contributed by atoms with Crippen molar-refractivity contribution >= 4 is 11.3 Å². The van der Waals surface area contributed by atoms with Crippen molar-refractivity contribution < 1.29 is 13.2 Å². The lowest BCUT2D eigenvalue weighted by Crippen LogP contribution is -1.97. The van der Waals surface area contributed by atoms with Gasteiger partial charge < -0.3 is 4.55 Å². The van der Waals surface area contributed by atoms with Crippen molar-refractivity contribution in [2.24, 2.45) is 10.6 Å². The molecule has 1 heterocycles. The van der Waals surface area contributed by atoms with E-state index >= 15 is 0 Å². The van der Waals surface area contributed by atoms with E-state index in [9.17, 15) is 4.39 Å². The smallest absolute Gasteiger partial charge is 0.125 e. The normalized spacial score (nSPS) is 21.1. The topological polar surface area (TPSA) is 84.0 Å². The Morgan fingerprint density at radius 3 is 2.37 bits per heavy atom. The van der Waals surface area contributed by atoms with Gasteiger partial charge in [-0.2, -0.15) is 5.10 Å². The van der Waals surface area contributed by atoms with Gasteiger partial charge in [0.25, 0.3) is 0 Å². The van der Waals surface area contributed by atoms with Gasteiger partial charge in [-0.05, 0) is 40.7 Å². The number of rotatable bonds is 3. The first-order chi connectivity index (χ1) is 12.8. The van der Waals surface area contributed by atoms with Crippen molar-refractivity contribution in [2.45, 2.75) is 25.7 Å². The van der Waals surface area contributed by atoms with E-state index in [0.29, 0.717) is 11.8 Å². The molecular weight excluding hydrogens is 365 g/mol. The molecule has 3 atom stereocenters. The monoisotopic (exact) mass is 386 g/mol. The highest BCUT2D eigenvalue weighted by molar-refractivity contribution is 7.76. The molecule has 1 unspecified atom stereocenters. The van der Waals surface area contributed by atoms with Gasteiger partial charge >= 0.3 is 0 Å². The first-order valence-corrected chi connectivity index (χ1v) is 9.63. The number of aromatic nitrogens is 2. The summed E-state index contributed by atoms with van der Waals surface area (Å²) in [4.78, 5) is 0. The minimum atomic E-state index is -2.36.